The minimum Gasteiger partial charge on any atom is -0.496 e. The number of carbonyl (C=O) groups is 1. The van der Waals surface area contributed by atoms with Crippen LogP contribution < -0.4 is 4.74 Å². The molecule has 2 aromatic carbocycles. The Kier molecular flexibility index (Phi) is 4.40. The summed E-state index contributed by atoms with van der Waals surface area (Å²) in [6.07, 6.45) is 0. The van der Waals surface area contributed by atoms with Gasteiger partial charge < -0.3 is 9.47 Å². The lowest BCUT2D eigenvalue weighted by atomic mass is 9.97. The Labute approximate surface area is 125 Å². The zero-order valence-corrected chi connectivity index (χ0v) is 12.2. The van der Waals surface area contributed by atoms with Crippen LogP contribution in [0.1, 0.15) is 15.9 Å². The van der Waals surface area contributed by atoms with Gasteiger partial charge in [0.2, 0.25) is 0 Å². The summed E-state index contributed by atoms with van der Waals surface area (Å²) in [6, 6.07) is 4.65. The van der Waals surface area contributed by atoms with E-state index >= 15 is 0 Å². The number of rotatable bonds is 3. The predicted octanol–water partition coefficient (Wildman–Crippen LogP) is 3.87. The maximum atomic E-state index is 14.5. The van der Waals surface area contributed by atoms with Gasteiger partial charge in [0.15, 0.2) is 0 Å². The van der Waals surface area contributed by atoms with Gasteiger partial charge in [-0.1, -0.05) is 6.07 Å². The monoisotopic (exact) mass is 310 g/mol. The average molecular weight is 310 g/mol. The van der Waals surface area contributed by atoms with Crippen molar-refractivity contribution in [2.75, 3.05) is 14.2 Å². The minimum atomic E-state index is -1.08. The first-order valence-corrected chi connectivity index (χ1v) is 6.32. The van der Waals surface area contributed by atoms with Crippen LogP contribution in [0.2, 0.25) is 0 Å². The highest BCUT2D eigenvalue weighted by Crippen LogP contribution is 2.37. The first-order chi connectivity index (χ1) is 10.4. The van der Waals surface area contributed by atoms with Crippen LogP contribution in [0.4, 0.5) is 13.2 Å². The molecule has 0 amide bonds. The van der Waals surface area contributed by atoms with E-state index in [2.05, 4.69) is 4.74 Å². The van der Waals surface area contributed by atoms with E-state index in [1.807, 2.05) is 0 Å². The van der Waals surface area contributed by atoms with Crippen molar-refractivity contribution in [2.24, 2.45) is 0 Å². The molecule has 6 heteroatoms. The molecule has 0 aliphatic carbocycles. The summed E-state index contributed by atoms with van der Waals surface area (Å²) in [4.78, 5) is 11.5. The molecular formula is C16H13F3O3. The third-order valence-electron chi connectivity index (χ3n) is 3.31. The van der Waals surface area contributed by atoms with Gasteiger partial charge in [-0.3, -0.25) is 0 Å². The van der Waals surface area contributed by atoms with Gasteiger partial charge in [-0.05, 0) is 25.1 Å². The first-order valence-electron chi connectivity index (χ1n) is 6.32. The lowest BCUT2D eigenvalue weighted by Gasteiger charge is -2.14. The molecule has 116 valence electrons. The first kappa shape index (κ1) is 15.9. The van der Waals surface area contributed by atoms with Crippen LogP contribution in [0.15, 0.2) is 24.3 Å². The maximum Gasteiger partial charge on any atom is 0.338 e. The molecule has 0 fully saturated rings. The van der Waals surface area contributed by atoms with Crippen molar-refractivity contribution in [3.8, 4) is 16.9 Å². The number of methoxy groups -OCH3 is 2. The van der Waals surface area contributed by atoms with E-state index in [4.69, 9.17) is 4.74 Å². The second kappa shape index (κ2) is 6.09. The number of ether oxygens (including phenoxy) is 2. The molecule has 2 rings (SSSR count). The van der Waals surface area contributed by atoms with Crippen LogP contribution in [0, 0.1) is 24.4 Å². The maximum absolute atomic E-state index is 14.5. The van der Waals surface area contributed by atoms with Crippen LogP contribution in [-0.4, -0.2) is 20.2 Å². The van der Waals surface area contributed by atoms with Gasteiger partial charge in [0.1, 0.15) is 23.2 Å². The summed E-state index contributed by atoms with van der Waals surface area (Å²) < 4.78 is 52.3. The summed E-state index contributed by atoms with van der Waals surface area (Å²) in [5, 5.41) is 0. The van der Waals surface area contributed by atoms with Crippen molar-refractivity contribution in [1.29, 1.82) is 0 Å². The molecular weight excluding hydrogens is 297 g/mol. The Morgan fingerprint density at radius 3 is 2.32 bits per heavy atom. The molecule has 22 heavy (non-hydrogen) atoms. The standard InChI is InChI=1S/C16H13F3O3/c1-8-9(16(20)22-3)7-11(18)14(15(8)19)13-10(17)5-4-6-12(13)21-2/h4-7H,1-3H3. The third-order valence-corrected chi connectivity index (χ3v) is 3.31. The molecule has 2 aromatic rings. The molecule has 0 aliphatic rings. The number of esters is 1. The van der Waals surface area contributed by atoms with Gasteiger partial charge in [0, 0.05) is 5.56 Å². The summed E-state index contributed by atoms with van der Waals surface area (Å²) in [5.41, 5.74) is -1.30. The highest BCUT2D eigenvalue weighted by Gasteiger charge is 2.25. The lowest BCUT2D eigenvalue weighted by Crippen LogP contribution is -2.08. The van der Waals surface area contributed by atoms with E-state index in [0.717, 1.165) is 19.2 Å². The molecule has 0 aromatic heterocycles. The Bertz CT molecular complexity index is 742. The second-order valence-corrected chi connectivity index (χ2v) is 4.53. The minimum absolute atomic E-state index is 0.0111. The topological polar surface area (TPSA) is 35.5 Å². The van der Waals surface area contributed by atoms with Crippen molar-refractivity contribution < 1.29 is 27.4 Å². The molecule has 0 unspecified atom stereocenters. The molecule has 0 spiro atoms. The van der Waals surface area contributed by atoms with E-state index in [1.54, 1.807) is 0 Å². The SMILES string of the molecule is COC(=O)c1cc(F)c(-c2c(F)cccc2OC)c(F)c1C. The summed E-state index contributed by atoms with van der Waals surface area (Å²) in [6.45, 7) is 1.29. The summed E-state index contributed by atoms with van der Waals surface area (Å²) in [7, 11) is 2.37. The quantitative estimate of drug-likeness (QED) is 0.807. The fraction of sp³-hybridized carbons (Fsp3) is 0.188. The summed E-state index contributed by atoms with van der Waals surface area (Å²) in [5.74, 6) is -3.83. The zero-order valence-electron chi connectivity index (χ0n) is 12.2. The molecule has 0 saturated carbocycles. The molecule has 0 radical (unpaired) electrons. The number of carbonyl (C=O) groups excluding carboxylic acids is 1. The van der Waals surface area contributed by atoms with Crippen LogP contribution in [0.3, 0.4) is 0 Å². The highest BCUT2D eigenvalue weighted by atomic mass is 19.1. The van der Waals surface area contributed by atoms with Crippen molar-refractivity contribution in [3.05, 3.63) is 52.8 Å². The van der Waals surface area contributed by atoms with Gasteiger partial charge in [-0.2, -0.15) is 0 Å². The number of hydrogen-bond acceptors (Lipinski definition) is 3. The fourth-order valence-corrected chi connectivity index (χ4v) is 2.19. The third kappa shape index (κ3) is 2.52. The van der Waals surface area contributed by atoms with Gasteiger partial charge in [0.25, 0.3) is 0 Å². The molecule has 0 bridgehead atoms. The van der Waals surface area contributed by atoms with Gasteiger partial charge in [0.05, 0.1) is 30.9 Å². The predicted molar refractivity (Wildman–Crippen MR) is 74.4 cm³/mol. The van der Waals surface area contributed by atoms with Crippen LogP contribution in [-0.2, 0) is 4.74 Å². The van der Waals surface area contributed by atoms with Crippen LogP contribution >= 0.6 is 0 Å². The van der Waals surface area contributed by atoms with E-state index in [1.165, 1.54) is 26.2 Å². The van der Waals surface area contributed by atoms with Crippen molar-refractivity contribution >= 4 is 5.97 Å². The Balaban J connectivity index is 2.79. The smallest absolute Gasteiger partial charge is 0.338 e. The number of halogens is 3. The van der Waals surface area contributed by atoms with Crippen molar-refractivity contribution in [1.82, 2.24) is 0 Å². The van der Waals surface area contributed by atoms with E-state index in [9.17, 15) is 18.0 Å². The Morgan fingerprint density at radius 1 is 1.05 bits per heavy atom. The van der Waals surface area contributed by atoms with Crippen molar-refractivity contribution in [2.45, 2.75) is 6.92 Å². The van der Waals surface area contributed by atoms with Gasteiger partial charge in [-0.25, -0.2) is 18.0 Å². The largest absolute Gasteiger partial charge is 0.496 e. The van der Waals surface area contributed by atoms with Crippen molar-refractivity contribution in [3.63, 3.8) is 0 Å². The van der Waals surface area contributed by atoms with E-state index < -0.39 is 29.0 Å². The molecule has 0 N–H and O–H groups in total. The van der Waals surface area contributed by atoms with Crippen LogP contribution in [0.25, 0.3) is 11.1 Å². The zero-order chi connectivity index (χ0) is 16.4. The second-order valence-electron chi connectivity index (χ2n) is 4.53. The molecule has 0 aliphatic heterocycles. The summed E-state index contributed by atoms with van der Waals surface area (Å²) >= 11 is 0. The van der Waals surface area contributed by atoms with Crippen LogP contribution in [0.5, 0.6) is 5.75 Å². The molecule has 0 saturated heterocycles. The average Bonchev–Trinajstić information content (AvgIpc) is 2.51. The van der Waals surface area contributed by atoms with E-state index in [-0.39, 0.29) is 22.4 Å². The highest BCUT2D eigenvalue weighted by molar-refractivity contribution is 5.92. The Morgan fingerprint density at radius 2 is 1.73 bits per heavy atom. The molecule has 3 nitrogen and oxygen atoms in total. The number of benzene rings is 2. The van der Waals surface area contributed by atoms with E-state index in [0.29, 0.717) is 0 Å². The molecule has 0 atom stereocenters. The lowest BCUT2D eigenvalue weighted by molar-refractivity contribution is 0.0598. The Hall–Kier alpha value is -2.50. The van der Waals surface area contributed by atoms with Gasteiger partial charge >= 0.3 is 5.97 Å². The normalized spacial score (nSPS) is 10.5. The molecule has 0 heterocycles. The fourth-order valence-electron chi connectivity index (χ4n) is 2.19. The number of hydrogen-bond donors (Lipinski definition) is 0. The van der Waals surface area contributed by atoms with Gasteiger partial charge in [-0.15, -0.1) is 0 Å².